The molecule has 1 unspecified atom stereocenters. The van der Waals surface area contributed by atoms with Crippen LogP contribution in [0.5, 0.6) is 11.5 Å². The van der Waals surface area contributed by atoms with Gasteiger partial charge in [-0.3, -0.25) is 9.97 Å². The molecule has 4 aromatic heterocycles. The zero-order chi connectivity index (χ0) is 46.2. The molecule has 9 heteroatoms. The standard InChI is InChI=1S/C61H33N7OS/c1-63-37-23-26-52-44(29-37)42-13-3-6-16-50(42)67(52)39-31-47-59(64-34-39)60-48(32-40(35-65-60)68-53-17-7-10-20-57(53)70-58-21-11-8-18-54(58)68)61(47)45-14-4-9-19-55(45)69-56-27-24-38(30-46(56)61)66-49-15-5-2-12-41(49)43-28-36(33-62)22-25-51(43)66/h2-32,34-35H. The minimum absolute atomic E-state index is 0.594. The van der Waals surface area contributed by atoms with E-state index < -0.39 is 5.41 Å². The van der Waals surface area contributed by atoms with Crippen molar-refractivity contribution in [3.05, 3.63) is 240 Å². The van der Waals surface area contributed by atoms with Gasteiger partial charge in [0.15, 0.2) is 5.69 Å². The van der Waals surface area contributed by atoms with Crippen molar-refractivity contribution >= 4 is 78.1 Å². The molecule has 0 radical (unpaired) electrons. The second kappa shape index (κ2) is 14.3. The number of para-hydroxylation sites is 5. The Morgan fingerprint density at radius 3 is 1.77 bits per heavy atom. The maximum absolute atomic E-state index is 9.99. The average Bonchev–Trinajstić information content (AvgIpc) is 4.03. The lowest BCUT2D eigenvalue weighted by atomic mass is 9.66. The van der Waals surface area contributed by atoms with Gasteiger partial charge in [0.25, 0.3) is 0 Å². The molecule has 0 amide bonds. The van der Waals surface area contributed by atoms with Crippen LogP contribution in [0.2, 0.25) is 0 Å². The van der Waals surface area contributed by atoms with Crippen molar-refractivity contribution in [3.63, 3.8) is 0 Å². The van der Waals surface area contributed by atoms with Gasteiger partial charge in [-0.05, 0) is 109 Å². The monoisotopic (exact) mass is 911 g/mol. The lowest BCUT2D eigenvalue weighted by Crippen LogP contribution is -2.33. The molecule has 3 aliphatic rings. The van der Waals surface area contributed by atoms with Crippen LogP contribution in [0.3, 0.4) is 0 Å². The van der Waals surface area contributed by atoms with Gasteiger partial charge in [-0.25, -0.2) is 4.85 Å². The number of hydrogen-bond donors (Lipinski definition) is 0. The number of fused-ring (bicyclic) bond motifs is 17. The van der Waals surface area contributed by atoms with Crippen LogP contribution in [0.4, 0.5) is 22.7 Å². The molecule has 8 nitrogen and oxygen atoms in total. The van der Waals surface area contributed by atoms with Gasteiger partial charge in [0, 0.05) is 53.9 Å². The van der Waals surface area contributed by atoms with Crippen LogP contribution in [-0.2, 0) is 5.41 Å². The molecule has 2 aliphatic heterocycles. The molecule has 8 aromatic carbocycles. The maximum Gasteiger partial charge on any atom is 0.188 e. The number of hydrogen-bond acceptors (Lipinski definition) is 6. The van der Waals surface area contributed by atoms with Gasteiger partial charge in [-0.2, -0.15) is 5.26 Å². The Balaban J connectivity index is 1.06. The van der Waals surface area contributed by atoms with Crippen molar-refractivity contribution in [1.82, 2.24) is 19.1 Å². The van der Waals surface area contributed by atoms with Crippen LogP contribution in [-0.4, -0.2) is 19.1 Å². The van der Waals surface area contributed by atoms with Gasteiger partial charge < -0.3 is 18.8 Å². The van der Waals surface area contributed by atoms with Crippen molar-refractivity contribution in [1.29, 1.82) is 5.26 Å². The quantitative estimate of drug-likeness (QED) is 0.164. The highest BCUT2D eigenvalue weighted by Crippen LogP contribution is 2.63. The van der Waals surface area contributed by atoms with Gasteiger partial charge in [0.05, 0.1) is 92.2 Å². The number of anilines is 3. The Bertz CT molecular complexity index is 4340. The van der Waals surface area contributed by atoms with Crippen molar-refractivity contribution in [3.8, 4) is 40.3 Å². The van der Waals surface area contributed by atoms with E-state index in [0.717, 1.165) is 117 Å². The second-order valence-corrected chi connectivity index (χ2v) is 19.0. The fourth-order valence-corrected chi connectivity index (χ4v) is 12.7. The zero-order valence-corrected chi connectivity index (χ0v) is 37.8. The molecule has 12 aromatic rings. The first-order chi connectivity index (χ1) is 34.6. The highest BCUT2D eigenvalue weighted by Gasteiger charge is 2.53. The summed E-state index contributed by atoms with van der Waals surface area (Å²) in [5.41, 5.74) is 14.7. The number of ether oxygens (including phenoxy) is 1. The van der Waals surface area contributed by atoms with Gasteiger partial charge >= 0.3 is 0 Å². The number of pyridine rings is 2. The summed E-state index contributed by atoms with van der Waals surface area (Å²) >= 11 is 1.78. The molecular formula is C61H33N7OS. The molecule has 0 fully saturated rings. The first-order valence-corrected chi connectivity index (χ1v) is 23.9. The summed E-state index contributed by atoms with van der Waals surface area (Å²) in [6.07, 6.45) is 3.97. The van der Waals surface area contributed by atoms with Gasteiger partial charge in [-0.15, -0.1) is 0 Å². The predicted octanol–water partition coefficient (Wildman–Crippen LogP) is 15.5. The Morgan fingerprint density at radius 2 is 1.06 bits per heavy atom. The lowest BCUT2D eigenvalue weighted by molar-refractivity contribution is 0.436. The maximum atomic E-state index is 9.99. The predicted molar refractivity (Wildman–Crippen MR) is 278 cm³/mol. The van der Waals surface area contributed by atoms with Gasteiger partial charge in [0.1, 0.15) is 11.5 Å². The SMILES string of the molecule is [C-]#[N+]c1ccc2c(c1)c1ccccc1n2-c1cnc2c(c1)C1(c3ccccc3Oc3ccc(-n4c5ccccc5c5cc(C#N)ccc54)cc31)c1cc(N3c4ccccc4Sc4ccccc43)cnc1-2. The van der Waals surface area contributed by atoms with Crippen LogP contribution in [0.1, 0.15) is 27.8 Å². The molecule has 324 valence electrons. The van der Waals surface area contributed by atoms with E-state index in [2.05, 4.69) is 183 Å². The lowest BCUT2D eigenvalue weighted by Gasteiger charge is -2.40. The highest BCUT2D eigenvalue weighted by atomic mass is 32.2. The minimum Gasteiger partial charge on any atom is -0.457 e. The number of rotatable bonds is 3. The number of nitriles is 1. The minimum atomic E-state index is -0.983. The third kappa shape index (κ3) is 5.13. The highest BCUT2D eigenvalue weighted by molar-refractivity contribution is 7.99. The molecule has 0 N–H and O–H groups in total. The summed E-state index contributed by atoms with van der Waals surface area (Å²) in [4.78, 5) is 19.4. The second-order valence-electron chi connectivity index (χ2n) is 17.9. The normalized spacial score (nSPS) is 14.9. The summed E-state index contributed by atoms with van der Waals surface area (Å²) in [5.74, 6) is 1.49. The van der Waals surface area contributed by atoms with Crippen LogP contribution < -0.4 is 9.64 Å². The number of nitrogens with zero attached hydrogens (tertiary/aromatic N) is 7. The van der Waals surface area contributed by atoms with Crippen LogP contribution in [0.25, 0.3) is 71.2 Å². The van der Waals surface area contributed by atoms with E-state index in [1.807, 2.05) is 42.7 Å². The van der Waals surface area contributed by atoms with E-state index in [4.69, 9.17) is 21.3 Å². The van der Waals surface area contributed by atoms with E-state index in [0.29, 0.717) is 11.3 Å². The molecule has 15 rings (SSSR count). The Labute approximate surface area is 405 Å². The molecule has 0 saturated carbocycles. The number of benzene rings is 8. The van der Waals surface area contributed by atoms with Crippen molar-refractivity contribution < 1.29 is 4.74 Å². The topological polar surface area (TPSA) is 76.3 Å². The molecule has 0 saturated heterocycles. The van der Waals surface area contributed by atoms with Crippen LogP contribution in [0, 0.1) is 17.9 Å². The van der Waals surface area contributed by atoms with E-state index in [1.165, 1.54) is 9.79 Å². The molecular weight excluding hydrogens is 879 g/mol. The molecule has 1 atom stereocenters. The average molecular weight is 912 g/mol. The third-order valence-corrected chi connectivity index (χ3v) is 15.6. The summed E-state index contributed by atoms with van der Waals surface area (Å²) in [6, 6.07) is 67.7. The first-order valence-electron chi connectivity index (χ1n) is 23.0. The molecule has 70 heavy (non-hydrogen) atoms. The smallest absolute Gasteiger partial charge is 0.188 e. The fourth-order valence-electron chi connectivity index (χ4n) is 11.6. The Kier molecular flexibility index (Phi) is 7.90. The third-order valence-electron chi connectivity index (χ3n) is 14.5. The summed E-state index contributed by atoms with van der Waals surface area (Å²) in [6.45, 7) is 7.86. The number of aromatic nitrogens is 4. The molecule has 1 aliphatic carbocycles. The largest absolute Gasteiger partial charge is 0.457 e. The summed E-state index contributed by atoms with van der Waals surface area (Å²) in [7, 11) is 0. The summed E-state index contributed by atoms with van der Waals surface area (Å²) < 4.78 is 11.6. The van der Waals surface area contributed by atoms with Crippen molar-refractivity contribution in [2.45, 2.75) is 15.2 Å². The molecule has 1 spiro atoms. The van der Waals surface area contributed by atoms with E-state index in [9.17, 15) is 5.26 Å². The summed E-state index contributed by atoms with van der Waals surface area (Å²) in [5, 5.41) is 14.1. The Morgan fingerprint density at radius 1 is 0.500 bits per heavy atom. The Hall–Kier alpha value is -9.41. The van der Waals surface area contributed by atoms with E-state index in [-0.39, 0.29) is 0 Å². The van der Waals surface area contributed by atoms with E-state index >= 15 is 0 Å². The van der Waals surface area contributed by atoms with Crippen LogP contribution >= 0.6 is 11.8 Å². The van der Waals surface area contributed by atoms with E-state index in [1.54, 1.807) is 11.8 Å². The van der Waals surface area contributed by atoms with Gasteiger partial charge in [-0.1, -0.05) is 96.7 Å². The first kappa shape index (κ1) is 38.7. The van der Waals surface area contributed by atoms with Crippen LogP contribution in [0.15, 0.2) is 210 Å². The zero-order valence-electron chi connectivity index (χ0n) is 37.0. The molecule has 0 bridgehead atoms. The molecule has 6 heterocycles. The van der Waals surface area contributed by atoms with Gasteiger partial charge in [0.2, 0.25) is 0 Å². The van der Waals surface area contributed by atoms with Crippen molar-refractivity contribution in [2.75, 3.05) is 4.90 Å². The fraction of sp³-hybridized carbons (Fsp3) is 0.0164. The van der Waals surface area contributed by atoms with Crippen molar-refractivity contribution in [2.24, 2.45) is 0 Å².